The molecule has 0 fully saturated rings. The van der Waals surface area contributed by atoms with Crippen LogP contribution in [0.1, 0.15) is 5.56 Å². The molecule has 0 spiro atoms. The molecule has 14 heavy (non-hydrogen) atoms. The number of phenols is 1. The number of phenolic OH excluding ortho intramolecular Hbond substituents is 1. The van der Waals surface area contributed by atoms with Gasteiger partial charge in [-0.3, -0.25) is 0 Å². The number of alkyl halides is 4. The normalized spacial score (nSPS) is 14.0. The number of rotatable bonds is 2. The van der Waals surface area contributed by atoms with Gasteiger partial charge in [0, 0.05) is 6.42 Å². The lowest BCUT2D eigenvalue weighted by Crippen LogP contribution is -2.26. The molecule has 78 valence electrons. The smallest absolute Gasteiger partial charge is 0.419 e. The van der Waals surface area contributed by atoms with E-state index in [4.69, 9.17) is 5.11 Å². The van der Waals surface area contributed by atoms with Crippen LogP contribution in [0.15, 0.2) is 24.3 Å². The van der Waals surface area contributed by atoms with Gasteiger partial charge in [0.05, 0.1) is 0 Å². The third-order valence-electron chi connectivity index (χ3n) is 1.71. The highest BCUT2D eigenvalue weighted by Gasteiger charge is 2.39. The minimum absolute atomic E-state index is 0.0591. The summed E-state index contributed by atoms with van der Waals surface area (Å²) in [5, 5.41) is 8.83. The first-order valence-corrected chi connectivity index (χ1v) is 3.88. The molecule has 0 aliphatic rings. The molecule has 0 heterocycles. The molecular weight excluding hydrogens is 200 g/mol. The molecule has 0 saturated carbocycles. The second kappa shape index (κ2) is 3.86. The predicted octanol–water partition coefficient (Wildman–Crippen LogP) is 2.84. The lowest BCUT2D eigenvalue weighted by molar-refractivity contribution is -0.179. The van der Waals surface area contributed by atoms with Gasteiger partial charge in [-0.1, -0.05) is 12.1 Å². The molecule has 5 heteroatoms. The van der Waals surface area contributed by atoms with E-state index in [2.05, 4.69) is 0 Å². The first-order valence-electron chi connectivity index (χ1n) is 3.88. The fraction of sp³-hybridized carbons (Fsp3) is 0.333. The van der Waals surface area contributed by atoms with Crippen LogP contribution in [-0.2, 0) is 6.42 Å². The van der Waals surface area contributed by atoms with Crippen LogP contribution in [0.5, 0.6) is 5.75 Å². The topological polar surface area (TPSA) is 20.2 Å². The first-order chi connectivity index (χ1) is 6.39. The van der Waals surface area contributed by atoms with E-state index in [1.807, 2.05) is 0 Å². The van der Waals surface area contributed by atoms with Crippen molar-refractivity contribution in [2.45, 2.75) is 18.8 Å². The largest absolute Gasteiger partial charge is 0.508 e. The molecule has 1 rings (SSSR count). The Morgan fingerprint density at radius 2 is 1.64 bits per heavy atom. The Bertz CT molecular complexity index is 291. The maximum Gasteiger partial charge on any atom is 0.419 e. The molecule has 1 nitrogen and oxygen atoms in total. The summed E-state index contributed by atoms with van der Waals surface area (Å²) in [6.45, 7) is 0. The number of hydrogen-bond acceptors (Lipinski definition) is 1. The average Bonchev–Trinajstić information content (AvgIpc) is 2.07. The molecule has 0 saturated heterocycles. The fourth-order valence-electron chi connectivity index (χ4n) is 0.955. The molecule has 1 atom stereocenters. The number of aromatic hydroxyl groups is 1. The Kier molecular flexibility index (Phi) is 2.98. The molecule has 1 N–H and O–H groups in total. The van der Waals surface area contributed by atoms with Crippen molar-refractivity contribution in [2.75, 3.05) is 0 Å². The minimum atomic E-state index is -4.82. The summed E-state index contributed by atoms with van der Waals surface area (Å²) in [6, 6.07) is 4.96. The van der Waals surface area contributed by atoms with Crippen LogP contribution in [0.4, 0.5) is 17.6 Å². The quantitative estimate of drug-likeness (QED) is 0.741. The summed E-state index contributed by atoms with van der Waals surface area (Å²) < 4.78 is 47.9. The monoisotopic (exact) mass is 208 g/mol. The van der Waals surface area contributed by atoms with E-state index in [9.17, 15) is 17.6 Å². The van der Waals surface area contributed by atoms with Crippen molar-refractivity contribution < 1.29 is 22.7 Å². The Morgan fingerprint density at radius 3 is 2.07 bits per heavy atom. The van der Waals surface area contributed by atoms with Gasteiger partial charge in [0.25, 0.3) is 0 Å². The molecule has 1 aromatic rings. The summed E-state index contributed by atoms with van der Waals surface area (Å²) in [6.07, 6.45) is -8.39. The van der Waals surface area contributed by atoms with Crippen molar-refractivity contribution in [3.05, 3.63) is 29.8 Å². The van der Waals surface area contributed by atoms with E-state index >= 15 is 0 Å². The average molecular weight is 208 g/mol. The summed E-state index contributed by atoms with van der Waals surface area (Å²) in [4.78, 5) is 0. The van der Waals surface area contributed by atoms with E-state index < -0.39 is 18.8 Å². The second-order valence-corrected chi connectivity index (χ2v) is 2.88. The molecule has 1 unspecified atom stereocenters. The number of benzene rings is 1. The fourth-order valence-corrected chi connectivity index (χ4v) is 0.955. The van der Waals surface area contributed by atoms with Gasteiger partial charge in [0.2, 0.25) is 0 Å². The van der Waals surface area contributed by atoms with Crippen LogP contribution in [-0.4, -0.2) is 17.5 Å². The van der Waals surface area contributed by atoms with E-state index in [0.717, 1.165) is 0 Å². The van der Waals surface area contributed by atoms with Crippen LogP contribution >= 0.6 is 0 Å². The Balaban J connectivity index is 2.65. The molecule has 0 amide bonds. The highest BCUT2D eigenvalue weighted by Crippen LogP contribution is 2.26. The predicted molar refractivity (Wildman–Crippen MR) is 42.8 cm³/mol. The zero-order chi connectivity index (χ0) is 10.8. The van der Waals surface area contributed by atoms with Crippen molar-refractivity contribution in [3.8, 4) is 5.75 Å². The van der Waals surface area contributed by atoms with E-state index in [1.54, 1.807) is 0 Å². The van der Waals surface area contributed by atoms with Crippen LogP contribution in [0.2, 0.25) is 0 Å². The lowest BCUT2D eigenvalue weighted by atomic mass is 10.1. The van der Waals surface area contributed by atoms with E-state index in [0.29, 0.717) is 0 Å². The van der Waals surface area contributed by atoms with Crippen molar-refractivity contribution in [1.29, 1.82) is 0 Å². The molecule has 0 radical (unpaired) electrons. The zero-order valence-electron chi connectivity index (χ0n) is 7.05. The second-order valence-electron chi connectivity index (χ2n) is 2.88. The molecule has 0 aliphatic carbocycles. The van der Waals surface area contributed by atoms with Gasteiger partial charge in [0.15, 0.2) is 6.17 Å². The number of halogens is 4. The van der Waals surface area contributed by atoms with Gasteiger partial charge in [-0.15, -0.1) is 0 Å². The van der Waals surface area contributed by atoms with Crippen molar-refractivity contribution in [2.24, 2.45) is 0 Å². The molecule has 0 bridgehead atoms. The zero-order valence-corrected chi connectivity index (χ0v) is 7.05. The van der Waals surface area contributed by atoms with Gasteiger partial charge in [0.1, 0.15) is 5.75 Å². The van der Waals surface area contributed by atoms with Gasteiger partial charge in [-0.25, -0.2) is 4.39 Å². The summed E-state index contributed by atoms with van der Waals surface area (Å²) >= 11 is 0. The Morgan fingerprint density at radius 1 is 1.14 bits per heavy atom. The van der Waals surface area contributed by atoms with Crippen LogP contribution in [0.25, 0.3) is 0 Å². The van der Waals surface area contributed by atoms with Gasteiger partial charge in [-0.2, -0.15) is 13.2 Å². The Labute approximate surface area is 78.0 Å². The van der Waals surface area contributed by atoms with Crippen molar-refractivity contribution >= 4 is 0 Å². The van der Waals surface area contributed by atoms with Gasteiger partial charge < -0.3 is 5.11 Å². The van der Waals surface area contributed by atoms with Crippen molar-refractivity contribution in [3.63, 3.8) is 0 Å². The standard InChI is InChI=1S/C9H8F4O/c10-8(9(11,12)13)5-6-1-3-7(14)4-2-6/h1-4,8,14H,5H2. The van der Waals surface area contributed by atoms with E-state index in [1.165, 1.54) is 24.3 Å². The first kappa shape index (κ1) is 10.8. The van der Waals surface area contributed by atoms with Crippen LogP contribution in [0, 0.1) is 0 Å². The SMILES string of the molecule is Oc1ccc(CC(F)C(F)(F)F)cc1. The minimum Gasteiger partial charge on any atom is -0.508 e. The molecule has 0 aliphatic heterocycles. The summed E-state index contributed by atoms with van der Waals surface area (Å²) in [5.74, 6) is -0.0591. The third kappa shape index (κ3) is 2.90. The maximum absolute atomic E-state index is 12.5. The lowest BCUT2D eigenvalue weighted by Gasteiger charge is -2.11. The molecule has 0 aromatic heterocycles. The summed E-state index contributed by atoms with van der Waals surface area (Å²) in [7, 11) is 0. The molecular formula is C9H8F4O. The maximum atomic E-state index is 12.5. The highest BCUT2D eigenvalue weighted by molar-refractivity contribution is 5.26. The van der Waals surface area contributed by atoms with Crippen LogP contribution < -0.4 is 0 Å². The third-order valence-corrected chi connectivity index (χ3v) is 1.71. The van der Waals surface area contributed by atoms with Crippen LogP contribution in [0.3, 0.4) is 0 Å². The van der Waals surface area contributed by atoms with E-state index in [-0.39, 0.29) is 11.3 Å². The molecule has 1 aromatic carbocycles. The van der Waals surface area contributed by atoms with Gasteiger partial charge >= 0.3 is 6.18 Å². The highest BCUT2D eigenvalue weighted by atomic mass is 19.4. The Hall–Kier alpha value is -1.26. The number of hydrogen-bond donors (Lipinski definition) is 1. The van der Waals surface area contributed by atoms with Crippen molar-refractivity contribution in [1.82, 2.24) is 0 Å². The van der Waals surface area contributed by atoms with Gasteiger partial charge in [-0.05, 0) is 17.7 Å². The summed E-state index contributed by atoms with van der Waals surface area (Å²) in [5.41, 5.74) is 0.202.